The predicted octanol–water partition coefficient (Wildman–Crippen LogP) is 6.94. The molecule has 0 aliphatic carbocycles. The molecule has 5 rings (SSSR count). The lowest BCUT2D eigenvalue weighted by Gasteiger charge is -2.18. The molecular formula is C26H16BrClN2O3S. The van der Waals surface area contributed by atoms with Gasteiger partial charge in [-0.1, -0.05) is 57.9 Å². The smallest absolute Gasteiger partial charge is 0.337 e. The van der Waals surface area contributed by atoms with Crippen molar-refractivity contribution in [2.24, 2.45) is 4.99 Å². The zero-order valence-electron chi connectivity index (χ0n) is 17.8. The number of benzene rings is 3. The zero-order valence-corrected chi connectivity index (χ0v) is 20.9. The van der Waals surface area contributed by atoms with Crippen molar-refractivity contribution < 1.29 is 14.3 Å². The van der Waals surface area contributed by atoms with Gasteiger partial charge in [0, 0.05) is 14.6 Å². The fourth-order valence-electron chi connectivity index (χ4n) is 3.65. The van der Waals surface area contributed by atoms with Crippen molar-refractivity contribution in [1.82, 2.24) is 0 Å². The lowest BCUT2D eigenvalue weighted by Crippen LogP contribution is -2.32. The minimum atomic E-state index is -0.419. The first-order valence-corrected chi connectivity index (χ1v) is 12.2. The van der Waals surface area contributed by atoms with E-state index in [1.807, 2.05) is 48.5 Å². The normalized spacial score (nSPS) is 14.7. The number of nitrogens with zero attached hydrogens (tertiary/aromatic N) is 2. The zero-order chi connectivity index (χ0) is 23.8. The molecule has 4 aromatic rings. The molecule has 3 aromatic carbocycles. The van der Waals surface area contributed by atoms with Gasteiger partial charge in [0.15, 0.2) is 5.84 Å². The van der Waals surface area contributed by atoms with Gasteiger partial charge in [0.25, 0.3) is 5.91 Å². The maximum atomic E-state index is 13.5. The van der Waals surface area contributed by atoms with E-state index in [2.05, 4.69) is 15.9 Å². The molecule has 1 aliphatic rings. The summed E-state index contributed by atoms with van der Waals surface area (Å²) in [6.45, 7) is 0. The van der Waals surface area contributed by atoms with Crippen molar-refractivity contribution in [3.8, 4) is 0 Å². The predicted molar refractivity (Wildman–Crippen MR) is 141 cm³/mol. The first-order chi connectivity index (χ1) is 16.5. The van der Waals surface area contributed by atoms with Crippen LogP contribution >= 0.6 is 38.9 Å². The SMILES string of the molecule is COC(=O)c1ccc(/C=C2/N=C(c3sc4ccccc4c3Cl)N(c3ccc(Br)cc3)C2=O)cc1. The number of carbonyl (C=O) groups is 2. The number of hydrogen-bond acceptors (Lipinski definition) is 5. The summed E-state index contributed by atoms with van der Waals surface area (Å²) in [5.74, 6) is -0.198. The van der Waals surface area contributed by atoms with Gasteiger partial charge in [-0.05, 0) is 54.1 Å². The van der Waals surface area contributed by atoms with Crippen LogP contribution in [0.4, 0.5) is 5.69 Å². The summed E-state index contributed by atoms with van der Waals surface area (Å²) < 4.78 is 6.67. The van der Waals surface area contributed by atoms with Crippen molar-refractivity contribution in [1.29, 1.82) is 0 Å². The van der Waals surface area contributed by atoms with Crippen LogP contribution in [0, 0.1) is 0 Å². The van der Waals surface area contributed by atoms with Crippen molar-refractivity contribution in [2.75, 3.05) is 12.0 Å². The molecule has 0 N–H and O–H groups in total. The number of methoxy groups -OCH3 is 1. The molecule has 0 unspecified atom stereocenters. The molecule has 0 saturated heterocycles. The Kier molecular flexibility index (Phi) is 6.08. The molecule has 8 heteroatoms. The highest BCUT2D eigenvalue weighted by atomic mass is 79.9. The number of amidine groups is 1. The van der Waals surface area contributed by atoms with Gasteiger partial charge >= 0.3 is 5.97 Å². The highest BCUT2D eigenvalue weighted by Gasteiger charge is 2.35. The Morgan fingerprint density at radius 2 is 1.76 bits per heavy atom. The summed E-state index contributed by atoms with van der Waals surface area (Å²) in [5, 5.41) is 1.49. The van der Waals surface area contributed by atoms with E-state index in [0.29, 0.717) is 22.1 Å². The van der Waals surface area contributed by atoms with Gasteiger partial charge in [-0.3, -0.25) is 9.69 Å². The van der Waals surface area contributed by atoms with E-state index in [-0.39, 0.29) is 11.6 Å². The molecule has 2 heterocycles. The number of halogens is 2. The lowest BCUT2D eigenvalue weighted by molar-refractivity contribution is -0.113. The third kappa shape index (κ3) is 4.07. The molecule has 0 radical (unpaired) electrons. The number of aliphatic imine (C=N–C) groups is 1. The molecule has 1 aliphatic heterocycles. The molecule has 1 aromatic heterocycles. The van der Waals surface area contributed by atoms with Crippen LogP contribution in [0.1, 0.15) is 20.8 Å². The molecule has 34 heavy (non-hydrogen) atoms. The highest BCUT2D eigenvalue weighted by Crippen LogP contribution is 2.39. The second-order valence-electron chi connectivity index (χ2n) is 7.44. The number of carbonyl (C=O) groups excluding carboxylic acids is 2. The number of esters is 1. The quantitative estimate of drug-likeness (QED) is 0.204. The van der Waals surface area contributed by atoms with E-state index in [1.54, 1.807) is 35.2 Å². The van der Waals surface area contributed by atoms with Gasteiger partial charge in [0.2, 0.25) is 0 Å². The van der Waals surface area contributed by atoms with Crippen LogP contribution in [0.25, 0.3) is 16.2 Å². The van der Waals surface area contributed by atoms with Gasteiger partial charge < -0.3 is 4.74 Å². The number of hydrogen-bond donors (Lipinski definition) is 0. The third-order valence-corrected chi connectivity index (χ3v) is 7.52. The largest absolute Gasteiger partial charge is 0.465 e. The van der Waals surface area contributed by atoms with Crippen LogP contribution in [0.3, 0.4) is 0 Å². The first kappa shape index (κ1) is 22.5. The van der Waals surface area contributed by atoms with Gasteiger partial charge in [-0.15, -0.1) is 11.3 Å². The maximum absolute atomic E-state index is 13.5. The van der Waals surface area contributed by atoms with Crippen molar-refractivity contribution in [3.63, 3.8) is 0 Å². The summed E-state index contributed by atoms with van der Waals surface area (Å²) in [6, 6.07) is 22.1. The maximum Gasteiger partial charge on any atom is 0.337 e. The van der Waals surface area contributed by atoms with Gasteiger partial charge in [-0.25, -0.2) is 9.79 Å². The van der Waals surface area contributed by atoms with Crippen LogP contribution in [0.15, 0.2) is 88.0 Å². The first-order valence-electron chi connectivity index (χ1n) is 10.2. The standard InChI is InChI=1S/C26H16BrClN2O3S/c1-33-26(32)16-8-6-15(7-9-16)14-20-25(31)30(18-12-10-17(27)11-13-18)24(29-20)23-22(28)19-4-2-3-5-21(19)34-23/h2-14H,1H3/b20-14+. The Hall–Kier alpha value is -3.26. The van der Waals surface area contributed by atoms with Gasteiger partial charge in [0.1, 0.15) is 5.70 Å². The van der Waals surface area contributed by atoms with E-state index < -0.39 is 5.97 Å². The molecule has 0 saturated carbocycles. The topological polar surface area (TPSA) is 59.0 Å². The third-order valence-electron chi connectivity index (χ3n) is 5.32. The Morgan fingerprint density at radius 3 is 2.44 bits per heavy atom. The molecule has 0 fully saturated rings. The van der Waals surface area contributed by atoms with Crippen molar-refractivity contribution >= 4 is 78.4 Å². The van der Waals surface area contributed by atoms with E-state index in [9.17, 15) is 9.59 Å². The van der Waals surface area contributed by atoms with E-state index in [0.717, 1.165) is 25.0 Å². The van der Waals surface area contributed by atoms with Crippen molar-refractivity contribution in [2.45, 2.75) is 0 Å². The fraction of sp³-hybridized carbons (Fsp3) is 0.0385. The molecular weight excluding hydrogens is 536 g/mol. The minimum absolute atomic E-state index is 0.261. The average Bonchev–Trinajstić information content (AvgIpc) is 3.36. The lowest BCUT2D eigenvalue weighted by atomic mass is 10.1. The Bertz CT molecular complexity index is 1490. The van der Waals surface area contributed by atoms with Gasteiger partial charge in [-0.2, -0.15) is 0 Å². The summed E-state index contributed by atoms with van der Waals surface area (Å²) in [5.41, 5.74) is 2.13. The van der Waals surface area contributed by atoms with Crippen LogP contribution in [-0.2, 0) is 9.53 Å². The van der Waals surface area contributed by atoms with Crippen LogP contribution in [0.5, 0.6) is 0 Å². The highest BCUT2D eigenvalue weighted by molar-refractivity contribution is 9.10. The van der Waals surface area contributed by atoms with Crippen LogP contribution in [-0.4, -0.2) is 24.8 Å². The Balaban J connectivity index is 1.62. The Morgan fingerprint density at radius 1 is 1.06 bits per heavy atom. The second kappa shape index (κ2) is 9.18. The number of ether oxygens (including phenoxy) is 1. The van der Waals surface area contributed by atoms with Crippen molar-refractivity contribution in [3.05, 3.63) is 104 Å². The average molecular weight is 552 g/mol. The Labute approximate surface area is 213 Å². The van der Waals surface area contributed by atoms with Crippen LogP contribution in [0.2, 0.25) is 5.02 Å². The summed E-state index contributed by atoms with van der Waals surface area (Å²) in [6.07, 6.45) is 1.70. The second-order valence-corrected chi connectivity index (χ2v) is 9.78. The van der Waals surface area contributed by atoms with E-state index in [1.165, 1.54) is 18.4 Å². The molecule has 0 spiro atoms. The number of fused-ring (bicyclic) bond motifs is 1. The summed E-state index contributed by atoms with van der Waals surface area (Å²) in [4.78, 5) is 32.3. The molecule has 168 valence electrons. The minimum Gasteiger partial charge on any atom is -0.465 e. The fourth-order valence-corrected chi connectivity index (χ4v) is 5.41. The monoisotopic (exact) mass is 550 g/mol. The number of rotatable bonds is 4. The number of amides is 1. The molecule has 0 atom stereocenters. The van der Waals surface area contributed by atoms with E-state index in [4.69, 9.17) is 21.3 Å². The summed E-state index contributed by atoms with van der Waals surface area (Å²) in [7, 11) is 1.33. The molecule has 0 bridgehead atoms. The van der Waals surface area contributed by atoms with Crippen LogP contribution < -0.4 is 4.90 Å². The number of thiophene rings is 1. The van der Waals surface area contributed by atoms with E-state index >= 15 is 0 Å². The van der Waals surface area contributed by atoms with Gasteiger partial charge in [0.05, 0.1) is 28.3 Å². The summed E-state index contributed by atoms with van der Waals surface area (Å²) >= 11 is 11.7. The molecule has 1 amide bonds. The number of anilines is 1. The molecule has 5 nitrogen and oxygen atoms in total.